The Hall–Kier alpha value is -0.880. The molecule has 58 valence electrons. The van der Waals surface area contributed by atoms with Crippen LogP contribution in [0.15, 0.2) is 0 Å². The van der Waals surface area contributed by atoms with Crippen LogP contribution in [0.2, 0.25) is 0 Å². The molecule has 0 saturated carbocycles. The molecule has 3 heteroatoms. The predicted octanol–water partition coefficient (Wildman–Crippen LogP) is 2.45. The van der Waals surface area contributed by atoms with Crippen molar-refractivity contribution < 1.29 is 0 Å². The Morgan fingerprint density at radius 3 is 2.45 bits per heavy atom. The maximum atomic E-state index is 8.63. The fraction of sp³-hybridized carbons (Fsp3) is 0.500. The lowest BCUT2D eigenvalue weighted by molar-refractivity contribution is 0.847. The number of aromatic nitrogens is 1. The summed E-state index contributed by atoms with van der Waals surface area (Å²) in [5.74, 6) is 0.431. The topological polar surface area (TPSA) is 36.7 Å². The van der Waals surface area contributed by atoms with Gasteiger partial charge in [0.25, 0.3) is 0 Å². The standard InChI is InChI=1S/C8H10N2S/c1-5(2)8-10-6(3)7(4-9)11-8/h5H,1-3H3. The maximum absolute atomic E-state index is 8.63. The molecule has 1 aromatic rings. The van der Waals surface area contributed by atoms with E-state index < -0.39 is 0 Å². The van der Waals surface area contributed by atoms with Gasteiger partial charge in [-0.1, -0.05) is 13.8 Å². The monoisotopic (exact) mass is 166 g/mol. The van der Waals surface area contributed by atoms with Crippen molar-refractivity contribution in [1.82, 2.24) is 4.98 Å². The lowest BCUT2D eigenvalue weighted by Crippen LogP contribution is -1.84. The summed E-state index contributed by atoms with van der Waals surface area (Å²) in [6.45, 7) is 6.04. The van der Waals surface area contributed by atoms with Gasteiger partial charge in [-0.25, -0.2) is 4.98 Å². The summed E-state index contributed by atoms with van der Waals surface area (Å²) in [4.78, 5) is 5.02. The molecule has 0 fully saturated rings. The summed E-state index contributed by atoms with van der Waals surface area (Å²) in [6, 6.07) is 2.13. The number of hydrogen-bond acceptors (Lipinski definition) is 3. The molecule has 1 aromatic heterocycles. The van der Waals surface area contributed by atoms with Crippen molar-refractivity contribution in [3.05, 3.63) is 15.6 Å². The van der Waals surface area contributed by atoms with Gasteiger partial charge in [-0.05, 0) is 6.92 Å². The summed E-state index contributed by atoms with van der Waals surface area (Å²) < 4.78 is 0. The predicted molar refractivity (Wildman–Crippen MR) is 45.7 cm³/mol. The van der Waals surface area contributed by atoms with Crippen LogP contribution in [0.5, 0.6) is 0 Å². The van der Waals surface area contributed by atoms with Crippen LogP contribution in [-0.2, 0) is 0 Å². The molecule has 1 heterocycles. The van der Waals surface area contributed by atoms with Gasteiger partial charge >= 0.3 is 0 Å². The van der Waals surface area contributed by atoms with Crippen LogP contribution in [0.25, 0.3) is 0 Å². The average Bonchev–Trinajstić information content (AvgIpc) is 2.31. The Balaban J connectivity index is 3.07. The molecule has 0 aliphatic heterocycles. The maximum Gasteiger partial charge on any atom is 0.127 e. The average molecular weight is 166 g/mol. The molecule has 0 unspecified atom stereocenters. The number of rotatable bonds is 1. The summed E-state index contributed by atoms with van der Waals surface area (Å²) in [7, 11) is 0. The van der Waals surface area contributed by atoms with Gasteiger partial charge in [0.05, 0.1) is 10.7 Å². The quantitative estimate of drug-likeness (QED) is 0.642. The minimum atomic E-state index is 0.431. The van der Waals surface area contributed by atoms with Crippen molar-refractivity contribution >= 4 is 11.3 Å². The van der Waals surface area contributed by atoms with E-state index in [0.29, 0.717) is 5.92 Å². The number of thiazole rings is 1. The second kappa shape index (κ2) is 3.02. The van der Waals surface area contributed by atoms with E-state index in [0.717, 1.165) is 15.6 Å². The Bertz CT molecular complexity index is 294. The molecule has 1 rings (SSSR count). The van der Waals surface area contributed by atoms with Crippen molar-refractivity contribution in [3.63, 3.8) is 0 Å². The van der Waals surface area contributed by atoms with Crippen molar-refractivity contribution in [2.45, 2.75) is 26.7 Å². The van der Waals surface area contributed by atoms with E-state index in [-0.39, 0.29) is 0 Å². The van der Waals surface area contributed by atoms with E-state index in [2.05, 4.69) is 24.9 Å². The van der Waals surface area contributed by atoms with Crippen LogP contribution in [0.3, 0.4) is 0 Å². The summed E-state index contributed by atoms with van der Waals surface area (Å²) in [5.41, 5.74) is 0.862. The van der Waals surface area contributed by atoms with E-state index >= 15 is 0 Å². The molecular weight excluding hydrogens is 156 g/mol. The molecule has 0 amide bonds. The lowest BCUT2D eigenvalue weighted by atomic mass is 10.2. The van der Waals surface area contributed by atoms with Crippen molar-refractivity contribution in [2.24, 2.45) is 0 Å². The van der Waals surface area contributed by atoms with Gasteiger partial charge in [0.2, 0.25) is 0 Å². The van der Waals surface area contributed by atoms with Gasteiger partial charge in [0.1, 0.15) is 10.9 Å². The highest BCUT2D eigenvalue weighted by atomic mass is 32.1. The zero-order chi connectivity index (χ0) is 8.43. The third-order valence-electron chi connectivity index (χ3n) is 1.41. The third-order valence-corrected chi connectivity index (χ3v) is 2.77. The number of aryl methyl sites for hydroxylation is 1. The van der Waals surface area contributed by atoms with Crippen molar-refractivity contribution in [2.75, 3.05) is 0 Å². The van der Waals surface area contributed by atoms with E-state index in [9.17, 15) is 0 Å². The fourth-order valence-electron chi connectivity index (χ4n) is 0.768. The normalized spacial score (nSPS) is 10.1. The molecule has 0 aromatic carbocycles. The van der Waals surface area contributed by atoms with Crippen LogP contribution in [0, 0.1) is 18.3 Å². The van der Waals surface area contributed by atoms with Gasteiger partial charge < -0.3 is 0 Å². The van der Waals surface area contributed by atoms with Gasteiger partial charge in [0, 0.05) is 5.92 Å². The summed E-state index contributed by atoms with van der Waals surface area (Å²) in [6.07, 6.45) is 0. The van der Waals surface area contributed by atoms with Gasteiger partial charge in [0.15, 0.2) is 0 Å². The Morgan fingerprint density at radius 1 is 1.55 bits per heavy atom. The number of nitriles is 1. The largest absolute Gasteiger partial charge is 0.245 e. The van der Waals surface area contributed by atoms with Gasteiger partial charge in [-0.15, -0.1) is 11.3 Å². The van der Waals surface area contributed by atoms with Crippen LogP contribution >= 0.6 is 11.3 Å². The van der Waals surface area contributed by atoms with E-state index in [1.807, 2.05) is 6.92 Å². The van der Waals surface area contributed by atoms with Crippen LogP contribution in [-0.4, -0.2) is 4.98 Å². The first-order valence-corrected chi connectivity index (χ1v) is 4.34. The molecule has 0 radical (unpaired) electrons. The third kappa shape index (κ3) is 1.58. The molecule has 0 aliphatic carbocycles. The first kappa shape index (κ1) is 8.22. The number of hydrogen-bond donors (Lipinski definition) is 0. The molecule has 0 atom stereocenters. The molecule has 0 N–H and O–H groups in total. The van der Waals surface area contributed by atoms with E-state index in [1.54, 1.807) is 0 Å². The van der Waals surface area contributed by atoms with Crippen LogP contribution in [0.1, 0.15) is 35.3 Å². The lowest BCUT2D eigenvalue weighted by Gasteiger charge is -1.94. The molecule has 11 heavy (non-hydrogen) atoms. The molecular formula is C8H10N2S. The van der Waals surface area contributed by atoms with Gasteiger partial charge in [-0.2, -0.15) is 5.26 Å². The minimum Gasteiger partial charge on any atom is -0.245 e. The first-order chi connectivity index (χ1) is 5.15. The van der Waals surface area contributed by atoms with Crippen molar-refractivity contribution in [3.8, 4) is 6.07 Å². The van der Waals surface area contributed by atoms with Gasteiger partial charge in [-0.3, -0.25) is 0 Å². The highest BCUT2D eigenvalue weighted by molar-refractivity contribution is 7.12. The smallest absolute Gasteiger partial charge is 0.127 e. The molecule has 0 aliphatic rings. The van der Waals surface area contributed by atoms with Crippen molar-refractivity contribution in [1.29, 1.82) is 5.26 Å². The van der Waals surface area contributed by atoms with E-state index in [4.69, 9.17) is 5.26 Å². The highest BCUT2D eigenvalue weighted by Crippen LogP contribution is 2.23. The Kier molecular flexibility index (Phi) is 2.25. The molecule has 2 nitrogen and oxygen atoms in total. The zero-order valence-electron chi connectivity index (χ0n) is 6.88. The summed E-state index contributed by atoms with van der Waals surface area (Å²) in [5, 5.41) is 9.69. The molecule has 0 bridgehead atoms. The molecule has 0 saturated heterocycles. The molecule has 0 spiro atoms. The van der Waals surface area contributed by atoms with Crippen LogP contribution < -0.4 is 0 Å². The summed E-state index contributed by atoms with van der Waals surface area (Å²) >= 11 is 1.50. The zero-order valence-corrected chi connectivity index (χ0v) is 7.70. The second-order valence-electron chi connectivity index (χ2n) is 2.73. The number of nitrogens with zero attached hydrogens (tertiary/aromatic N) is 2. The first-order valence-electron chi connectivity index (χ1n) is 3.52. The fourth-order valence-corrected chi connectivity index (χ4v) is 1.63. The SMILES string of the molecule is Cc1nc(C(C)C)sc1C#N. The van der Waals surface area contributed by atoms with Crippen LogP contribution in [0.4, 0.5) is 0 Å². The Morgan fingerprint density at radius 2 is 2.18 bits per heavy atom. The van der Waals surface area contributed by atoms with E-state index in [1.165, 1.54) is 11.3 Å². The second-order valence-corrected chi connectivity index (χ2v) is 3.76. The Labute approximate surface area is 70.5 Å². The highest BCUT2D eigenvalue weighted by Gasteiger charge is 2.08. The minimum absolute atomic E-state index is 0.431.